The lowest BCUT2D eigenvalue weighted by atomic mass is 10.3. The van der Waals surface area contributed by atoms with Crippen LogP contribution in [0, 0.1) is 11.6 Å². The number of hydrogen-bond acceptors (Lipinski definition) is 2. The summed E-state index contributed by atoms with van der Waals surface area (Å²) in [6.45, 7) is 0.491. The lowest BCUT2D eigenvalue weighted by Gasteiger charge is -2.04. The summed E-state index contributed by atoms with van der Waals surface area (Å²) in [6, 6.07) is 5.48. The predicted molar refractivity (Wildman–Crippen MR) is 52.3 cm³/mol. The van der Waals surface area contributed by atoms with Gasteiger partial charge in [0.2, 0.25) is 0 Å². The van der Waals surface area contributed by atoms with Crippen molar-refractivity contribution in [1.82, 2.24) is 10.2 Å². The van der Waals surface area contributed by atoms with E-state index in [1.54, 1.807) is 12.3 Å². The van der Waals surface area contributed by atoms with Crippen LogP contribution in [0.2, 0.25) is 0 Å². The van der Waals surface area contributed by atoms with Crippen LogP contribution < -0.4 is 5.32 Å². The van der Waals surface area contributed by atoms with E-state index in [0.717, 1.165) is 17.8 Å². The Hall–Kier alpha value is -1.91. The molecule has 0 saturated heterocycles. The smallest absolute Gasteiger partial charge is 0.160 e. The molecule has 0 bridgehead atoms. The average molecular weight is 209 g/mol. The van der Waals surface area contributed by atoms with Crippen LogP contribution >= 0.6 is 0 Å². The van der Waals surface area contributed by atoms with Crippen LogP contribution in [0.4, 0.5) is 14.5 Å². The van der Waals surface area contributed by atoms with Crippen LogP contribution in [0.3, 0.4) is 0 Å². The van der Waals surface area contributed by atoms with E-state index in [-0.39, 0.29) is 0 Å². The van der Waals surface area contributed by atoms with Crippen molar-refractivity contribution in [3.05, 3.63) is 47.8 Å². The molecular weight excluding hydrogens is 200 g/mol. The molecule has 0 fully saturated rings. The Balaban J connectivity index is 2.02. The molecule has 0 amide bonds. The average Bonchev–Trinajstić information content (AvgIpc) is 2.73. The summed E-state index contributed by atoms with van der Waals surface area (Å²) in [5.41, 5.74) is 1.41. The number of H-pyrrole nitrogens is 1. The topological polar surface area (TPSA) is 40.7 Å². The molecular formula is C10H9F2N3. The van der Waals surface area contributed by atoms with Crippen LogP contribution in [0.1, 0.15) is 5.69 Å². The summed E-state index contributed by atoms with van der Waals surface area (Å²) < 4.78 is 25.4. The van der Waals surface area contributed by atoms with Crippen molar-refractivity contribution in [3.63, 3.8) is 0 Å². The molecule has 2 aromatic rings. The minimum Gasteiger partial charge on any atom is -0.379 e. The largest absolute Gasteiger partial charge is 0.379 e. The molecule has 0 spiro atoms. The summed E-state index contributed by atoms with van der Waals surface area (Å²) in [5, 5.41) is 9.46. The first-order valence-electron chi connectivity index (χ1n) is 4.43. The maximum absolute atomic E-state index is 12.8. The van der Waals surface area contributed by atoms with Crippen molar-refractivity contribution in [3.8, 4) is 0 Å². The lowest BCUT2D eigenvalue weighted by Crippen LogP contribution is -2.00. The third-order valence-corrected chi connectivity index (χ3v) is 1.96. The Morgan fingerprint density at radius 3 is 2.73 bits per heavy atom. The highest BCUT2D eigenvalue weighted by Crippen LogP contribution is 2.13. The van der Waals surface area contributed by atoms with Gasteiger partial charge >= 0.3 is 0 Å². The van der Waals surface area contributed by atoms with E-state index in [9.17, 15) is 8.78 Å². The van der Waals surface area contributed by atoms with E-state index in [4.69, 9.17) is 0 Å². The number of anilines is 1. The zero-order chi connectivity index (χ0) is 10.7. The highest BCUT2D eigenvalue weighted by molar-refractivity contribution is 5.43. The second-order valence-electron chi connectivity index (χ2n) is 3.06. The summed E-state index contributed by atoms with van der Waals surface area (Å²) in [4.78, 5) is 0. The number of aromatic amines is 1. The normalized spacial score (nSPS) is 10.3. The molecule has 0 atom stereocenters. The molecule has 0 aliphatic rings. The van der Waals surface area contributed by atoms with Gasteiger partial charge in [0.15, 0.2) is 11.6 Å². The maximum Gasteiger partial charge on any atom is 0.160 e. The second kappa shape index (κ2) is 4.08. The number of benzene rings is 1. The number of aromatic nitrogens is 2. The number of hydrogen-bond donors (Lipinski definition) is 2. The van der Waals surface area contributed by atoms with Crippen LogP contribution in [0.5, 0.6) is 0 Å². The van der Waals surface area contributed by atoms with Gasteiger partial charge in [0, 0.05) is 18.0 Å². The molecule has 0 aliphatic carbocycles. The third kappa shape index (κ3) is 2.31. The van der Waals surface area contributed by atoms with Gasteiger partial charge in [-0.3, -0.25) is 5.10 Å². The van der Waals surface area contributed by atoms with Crippen LogP contribution in [-0.4, -0.2) is 10.2 Å². The van der Waals surface area contributed by atoms with Gasteiger partial charge in [-0.15, -0.1) is 0 Å². The van der Waals surface area contributed by atoms with Crippen LogP contribution in [-0.2, 0) is 6.54 Å². The van der Waals surface area contributed by atoms with Crippen LogP contribution in [0.25, 0.3) is 0 Å². The molecule has 3 nitrogen and oxygen atoms in total. The summed E-state index contributed by atoms with van der Waals surface area (Å²) in [7, 11) is 0. The molecule has 1 heterocycles. The van der Waals surface area contributed by atoms with Gasteiger partial charge in [-0.25, -0.2) is 8.78 Å². The van der Waals surface area contributed by atoms with Crippen molar-refractivity contribution in [2.75, 3.05) is 5.32 Å². The lowest BCUT2D eigenvalue weighted by molar-refractivity contribution is 0.509. The molecule has 0 saturated carbocycles. The van der Waals surface area contributed by atoms with Crippen molar-refractivity contribution in [2.45, 2.75) is 6.54 Å². The Morgan fingerprint density at radius 1 is 1.20 bits per heavy atom. The summed E-state index contributed by atoms with van der Waals surface area (Å²) in [6.07, 6.45) is 1.63. The van der Waals surface area contributed by atoms with Gasteiger partial charge in [0.25, 0.3) is 0 Å². The Morgan fingerprint density at radius 2 is 2.07 bits per heavy atom. The van der Waals surface area contributed by atoms with Crippen LogP contribution in [0.15, 0.2) is 30.5 Å². The zero-order valence-electron chi connectivity index (χ0n) is 7.80. The fraction of sp³-hybridized carbons (Fsp3) is 0.100. The minimum atomic E-state index is -0.857. The first kappa shape index (κ1) is 9.64. The van der Waals surface area contributed by atoms with E-state index >= 15 is 0 Å². The molecule has 2 rings (SSSR count). The van der Waals surface area contributed by atoms with Gasteiger partial charge in [0.05, 0.1) is 12.2 Å². The molecule has 2 N–H and O–H groups in total. The standard InChI is InChI=1S/C10H9F2N3/c11-9-2-1-7(5-10(9)12)13-6-8-3-4-14-15-8/h1-5,13H,6H2,(H,14,15). The molecule has 1 aromatic heterocycles. The van der Waals surface area contributed by atoms with E-state index in [1.165, 1.54) is 6.07 Å². The Labute approximate surface area is 85.1 Å². The SMILES string of the molecule is Fc1ccc(NCc2ccn[nH]2)cc1F. The van der Waals surface area contributed by atoms with Gasteiger partial charge in [-0.1, -0.05) is 0 Å². The van der Waals surface area contributed by atoms with Crippen molar-refractivity contribution >= 4 is 5.69 Å². The number of nitrogens with zero attached hydrogens (tertiary/aromatic N) is 1. The van der Waals surface area contributed by atoms with E-state index in [2.05, 4.69) is 15.5 Å². The van der Waals surface area contributed by atoms with E-state index in [1.807, 2.05) is 0 Å². The molecule has 1 aromatic carbocycles. The van der Waals surface area contributed by atoms with E-state index < -0.39 is 11.6 Å². The van der Waals surface area contributed by atoms with Crippen molar-refractivity contribution < 1.29 is 8.78 Å². The van der Waals surface area contributed by atoms with Gasteiger partial charge in [0.1, 0.15) is 0 Å². The fourth-order valence-electron chi connectivity index (χ4n) is 1.19. The predicted octanol–water partition coefficient (Wildman–Crippen LogP) is 2.30. The Kier molecular flexibility index (Phi) is 2.62. The third-order valence-electron chi connectivity index (χ3n) is 1.96. The number of halogens is 2. The van der Waals surface area contributed by atoms with E-state index in [0.29, 0.717) is 12.2 Å². The molecule has 15 heavy (non-hydrogen) atoms. The highest BCUT2D eigenvalue weighted by Gasteiger charge is 2.02. The second-order valence-corrected chi connectivity index (χ2v) is 3.06. The summed E-state index contributed by atoms with van der Waals surface area (Å²) >= 11 is 0. The monoisotopic (exact) mass is 209 g/mol. The molecule has 5 heteroatoms. The van der Waals surface area contributed by atoms with Gasteiger partial charge in [-0.05, 0) is 18.2 Å². The number of nitrogens with one attached hydrogen (secondary N) is 2. The van der Waals surface area contributed by atoms with Crippen molar-refractivity contribution in [2.24, 2.45) is 0 Å². The first-order valence-corrected chi connectivity index (χ1v) is 4.43. The highest BCUT2D eigenvalue weighted by atomic mass is 19.2. The van der Waals surface area contributed by atoms with Gasteiger partial charge in [-0.2, -0.15) is 5.10 Å². The molecule has 78 valence electrons. The quantitative estimate of drug-likeness (QED) is 0.814. The minimum absolute atomic E-state index is 0.491. The first-order chi connectivity index (χ1) is 7.25. The molecule has 0 radical (unpaired) electrons. The maximum atomic E-state index is 12.8. The van der Waals surface area contributed by atoms with Crippen molar-refractivity contribution in [1.29, 1.82) is 0 Å². The zero-order valence-corrected chi connectivity index (χ0v) is 7.80. The Bertz CT molecular complexity index is 440. The van der Waals surface area contributed by atoms with Gasteiger partial charge < -0.3 is 5.32 Å². The molecule has 0 aliphatic heterocycles. The number of rotatable bonds is 3. The summed E-state index contributed by atoms with van der Waals surface area (Å²) in [5.74, 6) is -1.70. The fourth-order valence-corrected chi connectivity index (χ4v) is 1.19. The molecule has 0 unspecified atom stereocenters.